The predicted molar refractivity (Wildman–Crippen MR) is 108 cm³/mol. The van der Waals surface area contributed by atoms with Crippen LogP contribution >= 0.6 is 0 Å². The Morgan fingerprint density at radius 1 is 1.18 bits per heavy atom. The molecule has 3 aromatic rings. The molecule has 0 aliphatic carbocycles. The molecule has 7 heteroatoms. The number of aryl methyl sites for hydroxylation is 1. The van der Waals surface area contributed by atoms with Gasteiger partial charge in [-0.1, -0.05) is 12.1 Å². The van der Waals surface area contributed by atoms with Crippen LogP contribution in [0.25, 0.3) is 11.0 Å². The summed E-state index contributed by atoms with van der Waals surface area (Å²) in [5.41, 5.74) is 3.56. The Morgan fingerprint density at radius 2 is 1.93 bits per heavy atom. The summed E-state index contributed by atoms with van der Waals surface area (Å²) in [5, 5.41) is 5.84. The highest BCUT2D eigenvalue weighted by Gasteiger charge is 2.24. The number of amides is 2. The Balaban J connectivity index is 1.42. The minimum Gasteiger partial charge on any atom is -0.336 e. The zero-order valence-electron chi connectivity index (χ0n) is 15.9. The molecular weight excluding hydrogens is 357 g/mol. The van der Waals surface area contributed by atoms with Gasteiger partial charge >= 0.3 is 6.03 Å². The van der Waals surface area contributed by atoms with Crippen LogP contribution in [0.4, 0.5) is 14.9 Å². The van der Waals surface area contributed by atoms with Gasteiger partial charge in [0.1, 0.15) is 5.82 Å². The van der Waals surface area contributed by atoms with Crippen LogP contribution in [-0.4, -0.2) is 40.1 Å². The number of halogens is 1. The number of nitrogens with one attached hydrogen (secondary N) is 2. The number of carbonyl (C=O) groups is 1. The smallest absolute Gasteiger partial charge is 0.319 e. The monoisotopic (exact) mass is 381 g/mol. The molecule has 0 bridgehead atoms. The highest BCUT2D eigenvalue weighted by Crippen LogP contribution is 2.25. The number of likely N-dealkylation sites (tertiary alicyclic amines) is 1. The Bertz CT molecular complexity index is 963. The average Bonchev–Trinajstić information content (AvgIpc) is 3.34. The molecule has 0 spiro atoms. The van der Waals surface area contributed by atoms with Gasteiger partial charge in [0.15, 0.2) is 0 Å². The van der Waals surface area contributed by atoms with Crippen molar-refractivity contribution in [2.75, 3.05) is 25.0 Å². The van der Waals surface area contributed by atoms with Crippen molar-refractivity contribution in [3.05, 3.63) is 60.2 Å². The molecule has 1 saturated heterocycles. The van der Waals surface area contributed by atoms with Crippen LogP contribution in [0.2, 0.25) is 0 Å². The average molecular weight is 381 g/mol. The Labute approximate surface area is 163 Å². The molecule has 2 N–H and O–H groups in total. The molecule has 6 nitrogen and oxygen atoms in total. The van der Waals surface area contributed by atoms with E-state index < -0.39 is 0 Å². The van der Waals surface area contributed by atoms with Crippen molar-refractivity contribution in [2.24, 2.45) is 7.05 Å². The van der Waals surface area contributed by atoms with Crippen molar-refractivity contribution in [3.63, 3.8) is 0 Å². The molecule has 1 aromatic heterocycles. The highest BCUT2D eigenvalue weighted by atomic mass is 19.1. The number of aromatic nitrogens is 2. The fraction of sp³-hybridized carbons (Fsp3) is 0.333. The fourth-order valence-corrected chi connectivity index (χ4v) is 3.77. The summed E-state index contributed by atoms with van der Waals surface area (Å²) in [7, 11) is 1.93. The summed E-state index contributed by atoms with van der Waals surface area (Å²) in [6.45, 7) is 2.44. The van der Waals surface area contributed by atoms with Crippen molar-refractivity contribution >= 4 is 22.8 Å². The second kappa shape index (κ2) is 7.98. The van der Waals surface area contributed by atoms with Gasteiger partial charge in [-0.3, -0.25) is 4.90 Å². The number of rotatable bonds is 5. The van der Waals surface area contributed by atoms with Gasteiger partial charge < -0.3 is 15.2 Å². The van der Waals surface area contributed by atoms with E-state index in [-0.39, 0.29) is 17.9 Å². The van der Waals surface area contributed by atoms with Crippen LogP contribution in [-0.2, 0) is 7.05 Å². The van der Waals surface area contributed by atoms with E-state index in [1.165, 1.54) is 12.1 Å². The molecule has 1 fully saturated rings. The van der Waals surface area contributed by atoms with E-state index in [1.54, 1.807) is 18.5 Å². The maximum absolute atomic E-state index is 13.3. The first kappa shape index (κ1) is 18.4. The van der Waals surface area contributed by atoms with Gasteiger partial charge in [0, 0.05) is 19.3 Å². The topological polar surface area (TPSA) is 62.2 Å². The quantitative estimate of drug-likeness (QED) is 0.709. The molecule has 1 unspecified atom stereocenters. The summed E-state index contributed by atoms with van der Waals surface area (Å²) in [6.07, 6.45) is 4.04. The third-order valence-corrected chi connectivity index (χ3v) is 5.28. The Kier molecular flexibility index (Phi) is 5.25. The van der Waals surface area contributed by atoms with E-state index in [9.17, 15) is 9.18 Å². The number of carbonyl (C=O) groups excluding carboxylic acids is 1. The SMILES string of the molecule is Cn1cnc2cc(NC(=O)NCC(c3ccc(F)cc3)N3CCCC3)ccc21. The number of hydrogen-bond donors (Lipinski definition) is 2. The molecule has 0 saturated carbocycles. The highest BCUT2D eigenvalue weighted by molar-refractivity contribution is 5.91. The maximum atomic E-state index is 13.3. The first-order valence-electron chi connectivity index (χ1n) is 9.55. The van der Waals surface area contributed by atoms with E-state index in [2.05, 4.69) is 20.5 Å². The fourth-order valence-electron chi connectivity index (χ4n) is 3.77. The van der Waals surface area contributed by atoms with Gasteiger partial charge in [0.05, 0.1) is 23.4 Å². The number of hydrogen-bond acceptors (Lipinski definition) is 3. The molecule has 1 atom stereocenters. The molecule has 4 rings (SSSR count). The molecule has 0 radical (unpaired) electrons. The summed E-state index contributed by atoms with van der Waals surface area (Å²) in [6, 6.07) is 12.0. The molecular formula is C21H24FN5O. The standard InChI is InChI=1S/C21H24FN5O/c1-26-14-24-18-12-17(8-9-19(18)26)25-21(28)23-13-20(27-10-2-3-11-27)15-4-6-16(22)7-5-15/h4-9,12,14,20H,2-3,10-11,13H2,1H3,(H2,23,25,28). The van der Waals surface area contributed by atoms with E-state index in [4.69, 9.17) is 0 Å². The minimum absolute atomic E-state index is 0.0344. The lowest BCUT2D eigenvalue weighted by atomic mass is 10.1. The second-order valence-electron chi connectivity index (χ2n) is 7.20. The van der Waals surface area contributed by atoms with Crippen molar-refractivity contribution in [2.45, 2.75) is 18.9 Å². The summed E-state index contributed by atoms with van der Waals surface area (Å²) >= 11 is 0. The molecule has 1 aliphatic rings. The predicted octanol–water partition coefficient (Wildman–Crippen LogP) is 3.67. The van der Waals surface area contributed by atoms with Crippen LogP contribution in [0.15, 0.2) is 48.8 Å². The first-order chi connectivity index (χ1) is 13.6. The van der Waals surface area contributed by atoms with Crippen LogP contribution in [0.3, 0.4) is 0 Å². The minimum atomic E-state index is -0.262. The van der Waals surface area contributed by atoms with Gasteiger partial charge in [-0.05, 0) is 61.8 Å². The number of anilines is 1. The van der Waals surface area contributed by atoms with Crippen LogP contribution in [0.1, 0.15) is 24.4 Å². The summed E-state index contributed by atoms with van der Waals surface area (Å²) < 4.78 is 15.2. The lowest BCUT2D eigenvalue weighted by molar-refractivity contribution is 0.227. The zero-order chi connectivity index (χ0) is 19.5. The van der Waals surface area contributed by atoms with Gasteiger partial charge in [0.2, 0.25) is 0 Å². The number of fused-ring (bicyclic) bond motifs is 1. The van der Waals surface area contributed by atoms with Crippen molar-refractivity contribution in [1.82, 2.24) is 19.8 Å². The summed E-state index contributed by atoms with van der Waals surface area (Å²) in [5.74, 6) is -0.250. The normalized spacial score (nSPS) is 15.6. The summed E-state index contributed by atoms with van der Waals surface area (Å²) in [4.78, 5) is 19.1. The number of benzene rings is 2. The van der Waals surface area contributed by atoms with E-state index in [0.717, 1.165) is 42.5 Å². The van der Waals surface area contributed by atoms with Gasteiger partial charge in [0.25, 0.3) is 0 Å². The van der Waals surface area contributed by atoms with Gasteiger partial charge in [-0.15, -0.1) is 0 Å². The molecule has 146 valence electrons. The molecule has 1 aliphatic heterocycles. The lowest BCUT2D eigenvalue weighted by Gasteiger charge is -2.28. The third kappa shape index (κ3) is 3.99. The number of nitrogens with zero attached hydrogens (tertiary/aromatic N) is 3. The number of imidazole rings is 1. The Morgan fingerprint density at radius 3 is 2.68 bits per heavy atom. The van der Waals surface area contributed by atoms with Crippen LogP contribution < -0.4 is 10.6 Å². The van der Waals surface area contributed by atoms with Crippen molar-refractivity contribution < 1.29 is 9.18 Å². The molecule has 2 heterocycles. The lowest BCUT2D eigenvalue weighted by Crippen LogP contribution is -2.38. The van der Waals surface area contributed by atoms with Gasteiger partial charge in [-0.25, -0.2) is 14.2 Å². The molecule has 2 amide bonds. The maximum Gasteiger partial charge on any atom is 0.319 e. The van der Waals surface area contributed by atoms with E-state index in [0.29, 0.717) is 12.2 Å². The zero-order valence-corrected chi connectivity index (χ0v) is 15.9. The van der Waals surface area contributed by atoms with Crippen molar-refractivity contribution in [1.29, 1.82) is 0 Å². The number of urea groups is 1. The molecule has 28 heavy (non-hydrogen) atoms. The largest absolute Gasteiger partial charge is 0.336 e. The second-order valence-corrected chi connectivity index (χ2v) is 7.20. The van der Waals surface area contributed by atoms with E-state index >= 15 is 0 Å². The van der Waals surface area contributed by atoms with Gasteiger partial charge in [-0.2, -0.15) is 0 Å². The van der Waals surface area contributed by atoms with Crippen LogP contribution in [0.5, 0.6) is 0 Å². The molecule has 2 aromatic carbocycles. The van der Waals surface area contributed by atoms with E-state index in [1.807, 2.05) is 29.8 Å². The van der Waals surface area contributed by atoms with Crippen LogP contribution in [0, 0.1) is 5.82 Å². The first-order valence-corrected chi connectivity index (χ1v) is 9.55. The Hall–Kier alpha value is -2.93. The third-order valence-electron chi connectivity index (χ3n) is 5.28. The van der Waals surface area contributed by atoms with Crippen molar-refractivity contribution in [3.8, 4) is 0 Å².